The Morgan fingerprint density at radius 2 is 0.981 bits per heavy atom. The van der Waals surface area contributed by atoms with Gasteiger partial charge in [0.05, 0.1) is 37.4 Å². The lowest BCUT2D eigenvalue weighted by Gasteiger charge is -2.27. The average Bonchev–Trinajstić information content (AvgIpc) is 3.17. The zero-order chi connectivity index (χ0) is 37.2. The monoisotopic (exact) mass is 720 g/mol. The summed E-state index contributed by atoms with van der Waals surface area (Å²) in [5.74, 6) is -0.160. The second kappa shape index (κ2) is 25.5. The zero-order valence-electron chi connectivity index (χ0n) is 30.6. The van der Waals surface area contributed by atoms with Crippen LogP contribution in [0.1, 0.15) is 113 Å². The minimum Gasteiger partial charge on any atom is -0.494 e. The zero-order valence-corrected chi connectivity index (χ0v) is 30.6. The van der Waals surface area contributed by atoms with Crippen LogP contribution >= 0.6 is 0 Å². The molecule has 0 radical (unpaired) electrons. The van der Waals surface area contributed by atoms with E-state index in [2.05, 4.69) is 13.2 Å². The number of carbonyl (C=O) groups is 4. The summed E-state index contributed by atoms with van der Waals surface area (Å²) in [4.78, 5) is 47.5. The first-order valence-electron chi connectivity index (χ1n) is 18.8. The number of benzene rings is 2. The molecule has 0 unspecified atom stereocenters. The molecule has 0 atom stereocenters. The molecule has 0 spiro atoms. The van der Waals surface area contributed by atoms with Crippen molar-refractivity contribution in [2.45, 2.75) is 109 Å². The van der Waals surface area contributed by atoms with Crippen LogP contribution in [0, 0.1) is 5.92 Å². The van der Waals surface area contributed by atoms with Crippen molar-refractivity contribution in [3.8, 4) is 17.2 Å². The molecule has 284 valence electrons. The van der Waals surface area contributed by atoms with E-state index in [1.807, 2.05) is 0 Å². The topological polar surface area (TPSA) is 124 Å². The molecule has 1 aliphatic carbocycles. The SMILES string of the molecule is C=CC(=O)OCCCCCCCCOc1ccc(OC(=O)c2ccc(OC(=O)C3CCC(OCCCCCCCCOC(=O)C=C)CC3)cc2)cc1. The summed E-state index contributed by atoms with van der Waals surface area (Å²) in [6.45, 7) is 8.98. The number of esters is 4. The molecule has 0 saturated heterocycles. The second-order valence-corrected chi connectivity index (χ2v) is 13.0. The maximum absolute atomic E-state index is 12.8. The maximum atomic E-state index is 12.8. The Balaban J connectivity index is 1.22. The van der Waals surface area contributed by atoms with E-state index in [1.54, 1.807) is 48.5 Å². The van der Waals surface area contributed by atoms with Gasteiger partial charge in [0.2, 0.25) is 0 Å². The Morgan fingerprint density at radius 3 is 1.52 bits per heavy atom. The molecule has 10 heteroatoms. The minimum atomic E-state index is -0.507. The molecule has 0 heterocycles. The van der Waals surface area contributed by atoms with Crippen LogP contribution < -0.4 is 14.2 Å². The highest BCUT2D eigenvalue weighted by Crippen LogP contribution is 2.28. The smallest absolute Gasteiger partial charge is 0.343 e. The highest BCUT2D eigenvalue weighted by atomic mass is 16.5. The van der Waals surface area contributed by atoms with Crippen LogP contribution in [0.15, 0.2) is 73.8 Å². The minimum absolute atomic E-state index is 0.166. The van der Waals surface area contributed by atoms with E-state index in [4.69, 9.17) is 28.4 Å². The Kier molecular flexibility index (Phi) is 20.6. The summed E-state index contributed by atoms with van der Waals surface area (Å²) in [5.41, 5.74) is 0.349. The summed E-state index contributed by atoms with van der Waals surface area (Å²) in [7, 11) is 0. The van der Waals surface area contributed by atoms with E-state index in [0.29, 0.717) is 42.6 Å². The first-order valence-corrected chi connectivity index (χ1v) is 18.8. The van der Waals surface area contributed by atoms with E-state index in [1.165, 1.54) is 12.2 Å². The quantitative estimate of drug-likeness (QED) is 0.0403. The standard InChI is InChI=1S/C42H56O10/c1-3-39(43)49-31-15-11-7-5-9-13-29-47-35-21-17-33(18-22-35)41(45)51-37-23-19-34(20-24-37)42(46)52-38-27-25-36(26-28-38)48-30-14-10-6-8-12-16-32-50-40(44)4-2/h3-4,19-20,23-28,33,35H,1-2,5-18,21-22,29-32H2. The van der Waals surface area contributed by atoms with Crippen LogP contribution in [0.3, 0.4) is 0 Å². The van der Waals surface area contributed by atoms with Crippen LogP contribution in [-0.2, 0) is 28.6 Å². The highest BCUT2D eigenvalue weighted by Gasteiger charge is 2.28. The predicted octanol–water partition coefficient (Wildman–Crippen LogP) is 8.91. The van der Waals surface area contributed by atoms with Gasteiger partial charge in [-0.15, -0.1) is 0 Å². The lowest BCUT2D eigenvalue weighted by molar-refractivity contribution is -0.141. The highest BCUT2D eigenvalue weighted by molar-refractivity contribution is 5.91. The summed E-state index contributed by atoms with van der Waals surface area (Å²) in [6, 6.07) is 13.3. The van der Waals surface area contributed by atoms with Crippen molar-refractivity contribution in [1.29, 1.82) is 0 Å². The van der Waals surface area contributed by atoms with Crippen LogP contribution in [-0.4, -0.2) is 56.4 Å². The van der Waals surface area contributed by atoms with Gasteiger partial charge in [-0.05, 0) is 99.9 Å². The van der Waals surface area contributed by atoms with Gasteiger partial charge in [-0.25, -0.2) is 14.4 Å². The lowest BCUT2D eigenvalue weighted by atomic mass is 9.87. The molecule has 0 aromatic heterocycles. The van der Waals surface area contributed by atoms with Gasteiger partial charge in [0.1, 0.15) is 17.2 Å². The molecular weight excluding hydrogens is 664 g/mol. The van der Waals surface area contributed by atoms with Gasteiger partial charge in [-0.2, -0.15) is 0 Å². The van der Waals surface area contributed by atoms with Gasteiger partial charge in [-0.1, -0.05) is 64.5 Å². The Hall–Kier alpha value is -4.44. The van der Waals surface area contributed by atoms with E-state index >= 15 is 0 Å². The molecular formula is C42H56O10. The molecule has 52 heavy (non-hydrogen) atoms. The molecule has 1 fully saturated rings. The predicted molar refractivity (Wildman–Crippen MR) is 198 cm³/mol. The van der Waals surface area contributed by atoms with Crippen LogP contribution in [0.4, 0.5) is 0 Å². The van der Waals surface area contributed by atoms with Crippen molar-refractivity contribution in [1.82, 2.24) is 0 Å². The third kappa shape index (κ3) is 17.7. The fourth-order valence-corrected chi connectivity index (χ4v) is 5.82. The van der Waals surface area contributed by atoms with Crippen molar-refractivity contribution < 1.29 is 47.6 Å². The molecule has 1 saturated carbocycles. The summed E-state index contributed by atoms with van der Waals surface area (Å²) >= 11 is 0. The lowest BCUT2D eigenvalue weighted by Crippen LogP contribution is -2.29. The molecule has 1 aliphatic rings. The number of hydrogen-bond acceptors (Lipinski definition) is 10. The Morgan fingerprint density at radius 1 is 0.538 bits per heavy atom. The molecule has 3 rings (SSSR count). The number of unbranched alkanes of at least 4 members (excludes halogenated alkanes) is 10. The van der Waals surface area contributed by atoms with Crippen molar-refractivity contribution in [2.75, 3.05) is 26.4 Å². The fraction of sp³-hybridized carbons (Fsp3) is 0.524. The Labute approximate surface area is 308 Å². The molecule has 10 nitrogen and oxygen atoms in total. The van der Waals surface area contributed by atoms with Crippen molar-refractivity contribution >= 4 is 23.9 Å². The summed E-state index contributed by atoms with van der Waals surface area (Å²) < 4.78 is 33.0. The molecule has 0 N–H and O–H groups in total. The third-order valence-corrected chi connectivity index (χ3v) is 8.87. The van der Waals surface area contributed by atoms with Gasteiger partial charge >= 0.3 is 23.9 Å². The van der Waals surface area contributed by atoms with Gasteiger partial charge in [0, 0.05) is 18.8 Å². The van der Waals surface area contributed by atoms with Crippen LogP contribution in [0.25, 0.3) is 0 Å². The normalized spacial score (nSPS) is 15.2. The Bertz CT molecular complexity index is 1360. The maximum Gasteiger partial charge on any atom is 0.343 e. The third-order valence-electron chi connectivity index (χ3n) is 8.87. The van der Waals surface area contributed by atoms with E-state index < -0.39 is 5.97 Å². The van der Waals surface area contributed by atoms with Gasteiger partial charge in [-0.3, -0.25) is 4.79 Å². The summed E-state index contributed by atoms with van der Waals surface area (Å²) in [5, 5.41) is 0. The van der Waals surface area contributed by atoms with E-state index in [9.17, 15) is 19.2 Å². The number of hydrogen-bond donors (Lipinski definition) is 0. The number of carbonyl (C=O) groups excluding carboxylic acids is 4. The van der Waals surface area contributed by atoms with Crippen molar-refractivity contribution in [3.63, 3.8) is 0 Å². The first-order chi connectivity index (χ1) is 25.4. The van der Waals surface area contributed by atoms with E-state index in [0.717, 1.165) is 109 Å². The first kappa shape index (κ1) is 42.0. The van der Waals surface area contributed by atoms with Crippen molar-refractivity contribution in [3.05, 3.63) is 79.4 Å². The molecule has 0 aliphatic heterocycles. The second-order valence-electron chi connectivity index (χ2n) is 13.0. The molecule has 0 amide bonds. The summed E-state index contributed by atoms with van der Waals surface area (Å²) in [6.07, 6.45) is 18.0. The molecule has 0 bridgehead atoms. The van der Waals surface area contributed by atoms with Gasteiger partial charge in [0.15, 0.2) is 0 Å². The van der Waals surface area contributed by atoms with Gasteiger partial charge < -0.3 is 28.4 Å². The fourth-order valence-electron chi connectivity index (χ4n) is 5.82. The largest absolute Gasteiger partial charge is 0.494 e. The number of rotatable bonds is 26. The van der Waals surface area contributed by atoms with Gasteiger partial charge in [0.25, 0.3) is 0 Å². The molecule has 2 aromatic rings. The van der Waals surface area contributed by atoms with E-state index in [-0.39, 0.29) is 29.9 Å². The van der Waals surface area contributed by atoms with Crippen LogP contribution in [0.2, 0.25) is 0 Å². The average molecular weight is 721 g/mol. The molecule has 2 aromatic carbocycles. The number of ether oxygens (including phenoxy) is 6. The van der Waals surface area contributed by atoms with Crippen LogP contribution in [0.5, 0.6) is 17.2 Å². The van der Waals surface area contributed by atoms with Crippen molar-refractivity contribution in [2.24, 2.45) is 5.92 Å².